The third kappa shape index (κ3) is 2.58. The minimum Gasteiger partial charge on any atom is -0.382 e. The van der Waals surface area contributed by atoms with Gasteiger partial charge in [0.05, 0.1) is 6.54 Å². The summed E-state index contributed by atoms with van der Waals surface area (Å²) in [6.07, 6.45) is 6.40. The zero-order chi connectivity index (χ0) is 12.3. The molecule has 2 aromatic heterocycles. The van der Waals surface area contributed by atoms with Gasteiger partial charge in [0.25, 0.3) is 0 Å². The third-order valence-corrected chi connectivity index (χ3v) is 2.61. The van der Waals surface area contributed by atoms with Crippen molar-refractivity contribution in [2.45, 2.75) is 33.0 Å². The van der Waals surface area contributed by atoms with Crippen LogP contribution in [0, 0.1) is 0 Å². The Morgan fingerprint density at radius 1 is 1.18 bits per heavy atom. The first-order valence-corrected chi connectivity index (χ1v) is 5.75. The highest BCUT2D eigenvalue weighted by Crippen LogP contribution is 1.96. The van der Waals surface area contributed by atoms with Gasteiger partial charge in [0, 0.05) is 31.7 Å². The van der Waals surface area contributed by atoms with Gasteiger partial charge in [0.2, 0.25) is 0 Å². The number of hydrogen-bond donors (Lipinski definition) is 1. The maximum absolute atomic E-state index is 11.9. The molecule has 0 amide bonds. The fourth-order valence-corrected chi connectivity index (χ4v) is 1.75. The Kier molecular flexibility index (Phi) is 3.32. The average Bonchev–Trinajstić information content (AvgIpc) is 2.86. The number of rotatable bonds is 5. The second kappa shape index (κ2) is 4.90. The molecule has 6 heteroatoms. The molecule has 0 unspecified atom stereocenters. The Balaban J connectivity index is 2.02. The van der Waals surface area contributed by atoms with Crippen LogP contribution in [-0.2, 0) is 19.6 Å². The van der Waals surface area contributed by atoms with Gasteiger partial charge in [-0.3, -0.25) is 13.8 Å². The van der Waals surface area contributed by atoms with Crippen molar-refractivity contribution in [3.05, 3.63) is 35.1 Å². The predicted molar refractivity (Wildman–Crippen MR) is 65.6 cm³/mol. The normalized spacial score (nSPS) is 10.9. The molecule has 0 aliphatic heterocycles. The summed E-state index contributed by atoms with van der Waals surface area (Å²) in [5.74, 6) is 0.501. The van der Waals surface area contributed by atoms with Crippen LogP contribution in [0.5, 0.6) is 0 Å². The molecule has 2 N–H and O–H groups in total. The van der Waals surface area contributed by atoms with E-state index in [0.29, 0.717) is 18.9 Å². The SMILES string of the molecule is CCCn1ccn(CCn2ccc(N)n2)c1=O. The highest BCUT2D eigenvalue weighted by Gasteiger charge is 2.02. The lowest BCUT2D eigenvalue weighted by Gasteiger charge is -2.02. The Morgan fingerprint density at radius 2 is 1.88 bits per heavy atom. The molecule has 2 heterocycles. The van der Waals surface area contributed by atoms with Crippen LogP contribution in [0.3, 0.4) is 0 Å². The van der Waals surface area contributed by atoms with Gasteiger partial charge >= 0.3 is 5.69 Å². The van der Waals surface area contributed by atoms with Crippen LogP contribution in [0.2, 0.25) is 0 Å². The minimum absolute atomic E-state index is 0.0342. The first-order chi connectivity index (χ1) is 8.20. The Bertz CT molecular complexity index is 536. The van der Waals surface area contributed by atoms with Gasteiger partial charge in [0.15, 0.2) is 0 Å². The van der Waals surface area contributed by atoms with E-state index < -0.39 is 0 Å². The van der Waals surface area contributed by atoms with Crippen molar-refractivity contribution in [3.63, 3.8) is 0 Å². The maximum Gasteiger partial charge on any atom is 0.328 e. The van der Waals surface area contributed by atoms with Crippen molar-refractivity contribution in [2.24, 2.45) is 0 Å². The van der Waals surface area contributed by atoms with E-state index >= 15 is 0 Å². The summed E-state index contributed by atoms with van der Waals surface area (Å²) in [7, 11) is 0. The van der Waals surface area contributed by atoms with Crippen LogP contribution in [0.15, 0.2) is 29.5 Å². The summed E-state index contributed by atoms with van der Waals surface area (Å²) in [5.41, 5.74) is 5.55. The lowest BCUT2D eigenvalue weighted by molar-refractivity contribution is 0.514. The first kappa shape index (κ1) is 11.5. The molecule has 0 spiro atoms. The Morgan fingerprint density at radius 3 is 2.47 bits per heavy atom. The van der Waals surface area contributed by atoms with Crippen LogP contribution < -0.4 is 11.4 Å². The van der Waals surface area contributed by atoms with Crippen LogP contribution >= 0.6 is 0 Å². The number of hydrogen-bond acceptors (Lipinski definition) is 3. The van der Waals surface area contributed by atoms with Gasteiger partial charge in [-0.05, 0) is 12.5 Å². The third-order valence-electron chi connectivity index (χ3n) is 2.61. The largest absolute Gasteiger partial charge is 0.382 e. The number of nitrogens with zero attached hydrogens (tertiary/aromatic N) is 4. The summed E-state index contributed by atoms with van der Waals surface area (Å²) in [6.45, 7) is 4.07. The molecule has 92 valence electrons. The first-order valence-electron chi connectivity index (χ1n) is 5.75. The van der Waals surface area contributed by atoms with Gasteiger partial charge in [-0.2, -0.15) is 5.10 Å². The lowest BCUT2D eigenvalue weighted by Crippen LogP contribution is -2.25. The smallest absolute Gasteiger partial charge is 0.328 e. The van der Waals surface area contributed by atoms with E-state index in [4.69, 9.17) is 5.73 Å². The predicted octanol–water partition coefficient (Wildman–Crippen LogP) is 0.539. The molecule has 0 saturated heterocycles. The lowest BCUT2D eigenvalue weighted by atomic mass is 10.5. The van der Waals surface area contributed by atoms with Gasteiger partial charge < -0.3 is 5.73 Å². The van der Waals surface area contributed by atoms with Crippen molar-refractivity contribution < 1.29 is 0 Å². The van der Waals surface area contributed by atoms with Crippen molar-refractivity contribution in [1.29, 1.82) is 0 Å². The molecule has 0 saturated carbocycles. The molecule has 0 radical (unpaired) electrons. The van der Waals surface area contributed by atoms with E-state index in [2.05, 4.69) is 12.0 Å². The van der Waals surface area contributed by atoms with Crippen molar-refractivity contribution in [3.8, 4) is 0 Å². The quantitative estimate of drug-likeness (QED) is 0.822. The van der Waals surface area contributed by atoms with E-state index in [1.165, 1.54) is 0 Å². The molecule has 0 atom stereocenters. The number of anilines is 1. The van der Waals surface area contributed by atoms with E-state index in [9.17, 15) is 4.79 Å². The molecule has 0 aliphatic carbocycles. The van der Waals surface area contributed by atoms with Crippen LogP contribution in [0.1, 0.15) is 13.3 Å². The van der Waals surface area contributed by atoms with Crippen molar-refractivity contribution in [2.75, 3.05) is 5.73 Å². The van der Waals surface area contributed by atoms with Crippen molar-refractivity contribution >= 4 is 5.82 Å². The summed E-state index contributed by atoms with van der Waals surface area (Å²) in [5, 5.41) is 4.07. The molecule has 0 aromatic carbocycles. The minimum atomic E-state index is 0.0342. The maximum atomic E-state index is 11.9. The Labute approximate surface area is 99.3 Å². The van der Waals surface area contributed by atoms with Crippen molar-refractivity contribution in [1.82, 2.24) is 18.9 Å². The zero-order valence-electron chi connectivity index (χ0n) is 9.91. The average molecular weight is 235 g/mol. The molecule has 0 bridgehead atoms. The zero-order valence-corrected chi connectivity index (χ0v) is 9.91. The summed E-state index contributed by atoms with van der Waals surface area (Å²) in [4.78, 5) is 11.9. The summed E-state index contributed by atoms with van der Waals surface area (Å²) < 4.78 is 5.14. The van der Waals surface area contributed by atoms with Crippen LogP contribution in [0.4, 0.5) is 5.82 Å². The molecule has 0 aliphatic rings. The fourth-order valence-electron chi connectivity index (χ4n) is 1.75. The number of imidazole rings is 1. The van der Waals surface area contributed by atoms with E-state index in [-0.39, 0.29) is 5.69 Å². The van der Waals surface area contributed by atoms with Crippen LogP contribution in [0.25, 0.3) is 0 Å². The van der Waals surface area contributed by atoms with E-state index in [1.54, 1.807) is 19.9 Å². The van der Waals surface area contributed by atoms with Crippen LogP contribution in [-0.4, -0.2) is 18.9 Å². The van der Waals surface area contributed by atoms with Gasteiger partial charge in [-0.1, -0.05) is 6.92 Å². The van der Waals surface area contributed by atoms with E-state index in [0.717, 1.165) is 13.0 Å². The molecule has 2 aromatic rings. The number of aromatic nitrogens is 4. The number of nitrogen functional groups attached to an aromatic ring is 1. The molecule has 17 heavy (non-hydrogen) atoms. The van der Waals surface area contributed by atoms with Gasteiger partial charge in [0.1, 0.15) is 5.82 Å². The summed E-state index contributed by atoms with van der Waals surface area (Å²) in [6, 6.07) is 1.74. The molecular formula is C11H17N5O. The van der Waals surface area contributed by atoms with Gasteiger partial charge in [-0.15, -0.1) is 0 Å². The second-order valence-electron chi connectivity index (χ2n) is 3.97. The molecular weight excluding hydrogens is 218 g/mol. The highest BCUT2D eigenvalue weighted by molar-refractivity contribution is 5.23. The highest BCUT2D eigenvalue weighted by atomic mass is 16.1. The van der Waals surface area contributed by atoms with E-state index in [1.807, 2.05) is 18.6 Å². The standard InChI is InChI=1S/C11H17N5O/c1-2-4-14-6-7-15(11(14)17)8-9-16-5-3-10(12)13-16/h3,5-7H,2,4,8-9H2,1H3,(H2,12,13). The molecule has 6 nitrogen and oxygen atoms in total. The monoisotopic (exact) mass is 235 g/mol. The molecule has 2 rings (SSSR count). The van der Waals surface area contributed by atoms with Gasteiger partial charge in [-0.25, -0.2) is 4.79 Å². The second-order valence-corrected chi connectivity index (χ2v) is 3.97. The Hall–Kier alpha value is -1.98. The number of aryl methyl sites for hydroxylation is 3. The topological polar surface area (TPSA) is 70.8 Å². The fraction of sp³-hybridized carbons (Fsp3) is 0.455. The summed E-state index contributed by atoms with van der Waals surface area (Å²) >= 11 is 0. The molecule has 0 fully saturated rings. The number of nitrogens with two attached hydrogens (primary N) is 1.